The van der Waals surface area contributed by atoms with Crippen molar-refractivity contribution in [2.24, 2.45) is 0 Å². The highest BCUT2D eigenvalue weighted by Crippen LogP contribution is 2.35. The van der Waals surface area contributed by atoms with Crippen LogP contribution in [0.3, 0.4) is 0 Å². The first-order chi connectivity index (χ1) is 13.7. The molecule has 11 heteroatoms. The van der Waals surface area contributed by atoms with Gasteiger partial charge >= 0.3 is 0 Å². The number of anilines is 2. The summed E-state index contributed by atoms with van der Waals surface area (Å²) in [5, 5.41) is 9.93. The standard InChI is InChI=1S/C18H20ClFN6O2S/c1-10(6-12-4-5-22-18(21-2)24-12)14-9-23-25-17(14)13-7-11(19)8-15(16(13)20)26-29(3,27)28/h4-5,7-10,26H,6H2,1-3H3,(H,23,25)(H,21,22,24). The van der Waals surface area contributed by atoms with Gasteiger partial charge in [-0.2, -0.15) is 5.10 Å². The van der Waals surface area contributed by atoms with Gasteiger partial charge in [0.1, 0.15) is 0 Å². The van der Waals surface area contributed by atoms with Gasteiger partial charge in [-0.1, -0.05) is 18.5 Å². The molecule has 0 aliphatic carbocycles. The number of sulfonamides is 1. The van der Waals surface area contributed by atoms with Crippen LogP contribution in [0.4, 0.5) is 16.0 Å². The zero-order valence-corrected chi connectivity index (χ0v) is 17.6. The molecule has 1 aromatic carbocycles. The molecule has 3 aromatic rings. The molecule has 29 heavy (non-hydrogen) atoms. The number of aromatic nitrogens is 4. The van der Waals surface area contributed by atoms with Crippen LogP contribution >= 0.6 is 11.6 Å². The lowest BCUT2D eigenvalue weighted by Crippen LogP contribution is -2.11. The van der Waals surface area contributed by atoms with Crippen LogP contribution < -0.4 is 10.0 Å². The number of nitrogens with one attached hydrogen (secondary N) is 3. The van der Waals surface area contributed by atoms with Crippen LogP contribution in [0.2, 0.25) is 5.02 Å². The Balaban J connectivity index is 1.97. The molecule has 8 nitrogen and oxygen atoms in total. The molecular weight excluding hydrogens is 419 g/mol. The molecule has 0 aliphatic heterocycles. The van der Waals surface area contributed by atoms with Gasteiger partial charge in [-0.25, -0.2) is 22.8 Å². The first-order valence-electron chi connectivity index (χ1n) is 8.68. The summed E-state index contributed by atoms with van der Waals surface area (Å²) in [5.74, 6) is -0.287. The fraction of sp³-hybridized carbons (Fsp3) is 0.278. The number of rotatable bonds is 7. The van der Waals surface area contributed by atoms with Crippen molar-refractivity contribution in [1.29, 1.82) is 0 Å². The van der Waals surface area contributed by atoms with Crippen molar-refractivity contribution in [3.05, 3.63) is 52.7 Å². The Bertz CT molecular complexity index is 1140. The van der Waals surface area contributed by atoms with E-state index in [9.17, 15) is 8.42 Å². The highest BCUT2D eigenvalue weighted by molar-refractivity contribution is 7.92. The molecule has 0 saturated heterocycles. The molecule has 2 heterocycles. The van der Waals surface area contributed by atoms with E-state index in [0.717, 1.165) is 17.5 Å². The Morgan fingerprint density at radius 1 is 1.34 bits per heavy atom. The predicted octanol–water partition coefficient (Wildman–Crippen LogP) is 3.42. The summed E-state index contributed by atoms with van der Waals surface area (Å²) in [4.78, 5) is 8.50. The quantitative estimate of drug-likeness (QED) is 0.521. The molecule has 0 saturated carbocycles. The third-order valence-corrected chi connectivity index (χ3v) is 5.06. The molecule has 3 N–H and O–H groups in total. The van der Waals surface area contributed by atoms with Gasteiger partial charge in [0, 0.05) is 35.1 Å². The van der Waals surface area contributed by atoms with E-state index in [-0.39, 0.29) is 22.2 Å². The Hall–Kier alpha value is -2.72. The van der Waals surface area contributed by atoms with Crippen LogP contribution in [0, 0.1) is 5.82 Å². The number of benzene rings is 1. The number of hydrogen-bond acceptors (Lipinski definition) is 6. The highest BCUT2D eigenvalue weighted by atomic mass is 35.5. The fourth-order valence-electron chi connectivity index (χ4n) is 2.98. The van der Waals surface area contributed by atoms with Gasteiger partial charge in [-0.15, -0.1) is 0 Å². The van der Waals surface area contributed by atoms with Gasteiger partial charge < -0.3 is 5.32 Å². The lowest BCUT2D eigenvalue weighted by molar-refractivity contribution is 0.604. The summed E-state index contributed by atoms with van der Waals surface area (Å²) in [6.07, 6.45) is 4.79. The first-order valence-corrected chi connectivity index (χ1v) is 10.9. The summed E-state index contributed by atoms with van der Waals surface area (Å²) >= 11 is 6.10. The van der Waals surface area contributed by atoms with Gasteiger partial charge in [-0.05, 0) is 30.5 Å². The van der Waals surface area contributed by atoms with Crippen LogP contribution in [-0.4, -0.2) is 41.9 Å². The van der Waals surface area contributed by atoms with E-state index in [2.05, 4.69) is 30.2 Å². The molecule has 0 spiro atoms. The molecule has 2 aromatic heterocycles. The van der Waals surface area contributed by atoms with Crippen molar-refractivity contribution in [3.8, 4) is 11.3 Å². The van der Waals surface area contributed by atoms with Crippen molar-refractivity contribution in [2.75, 3.05) is 23.3 Å². The second-order valence-electron chi connectivity index (χ2n) is 6.62. The summed E-state index contributed by atoms with van der Waals surface area (Å²) in [6.45, 7) is 1.97. The molecule has 1 unspecified atom stereocenters. The topological polar surface area (TPSA) is 113 Å². The van der Waals surface area contributed by atoms with Crippen molar-refractivity contribution in [1.82, 2.24) is 20.2 Å². The molecule has 0 aliphatic rings. The van der Waals surface area contributed by atoms with Crippen LogP contribution in [0.25, 0.3) is 11.3 Å². The zero-order valence-electron chi connectivity index (χ0n) is 16.0. The Morgan fingerprint density at radius 2 is 2.10 bits per heavy atom. The number of H-pyrrole nitrogens is 1. The smallest absolute Gasteiger partial charge is 0.229 e. The maximum atomic E-state index is 15.1. The van der Waals surface area contributed by atoms with Gasteiger partial charge in [0.05, 0.1) is 23.8 Å². The molecule has 1 atom stereocenters. The maximum Gasteiger partial charge on any atom is 0.229 e. The molecule has 154 valence electrons. The van der Waals surface area contributed by atoms with E-state index in [1.165, 1.54) is 12.1 Å². The third-order valence-electron chi connectivity index (χ3n) is 4.25. The lowest BCUT2D eigenvalue weighted by Gasteiger charge is -2.14. The number of nitrogens with zero attached hydrogens (tertiary/aromatic N) is 3. The maximum absolute atomic E-state index is 15.1. The van der Waals surface area contributed by atoms with Crippen LogP contribution in [0.5, 0.6) is 0 Å². The SMILES string of the molecule is CNc1nccc(CC(C)c2cn[nH]c2-c2cc(Cl)cc(NS(C)(=O)=O)c2F)n1. The van der Waals surface area contributed by atoms with E-state index in [1.807, 2.05) is 13.0 Å². The van der Waals surface area contributed by atoms with Crippen LogP contribution in [0.1, 0.15) is 24.1 Å². The minimum atomic E-state index is -3.67. The van der Waals surface area contributed by atoms with E-state index in [4.69, 9.17) is 11.6 Å². The monoisotopic (exact) mass is 438 g/mol. The Kier molecular flexibility index (Phi) is 6.04. The van der Waals surface area contributed by atoms with Gasteiger partial charge in [0.15, 0.2) is 5.82 Å². The number of hydrogen-bond donors (Lipinski definition) is 3. The summed E-state index contributed by atoms with van der Waals surface area (Å²) in [7, 11) is -1.93. The largest absolute Gasteiger partial charge is 0.357 e. The van der Waals surface area contributed by atoms with Crippen LogP contribution in [0.15, 0.2) is 30.6 Å². The van der Waals surface area contributed by atoms with Crippen molar-refractivity contribution in [2.45, 2.75) is 19.3 Å². The first kappa shape index (κ1) is 21.0. The van der Waals surface area contributed by atoms with Crippen LogP contribution in [-0.2, 0) is 16.4 Å². The summed E-state index contributed by atoms with van der Waals surface area (Å²) in [6, 6.07) is 4.46. The van der Waals surface area contributed by atoms with Gasteiger partial charge in [0.2, 0.25) is 16.0 Å². The molecular formula is C18H20ClFN6O2S. The van der Waals surface area contributed by atoms with Crippen molar-refractivity contribution < 1.29 is 12.8 Å². The summed E-state index contributed by atoms with van der Waals surface area (Å²) in [5.41, 5.74) is 1.90. The fourth-order valence-corrected chi connectivity index (χ4v) is 3.75. The van der Waals surface area contributed by atoms with E-state index in [0.29, 0.717) is 18.1 Å². The second-order valence-corrected chi connectivity index (χ2v) is 8.80. The Morgan fingerprint density at radius 3 is 2.79 bits per heavy atom. The average Bonchev–Trinajstić information content (AvgIpc) is 3.13. The van der Waals surface area contributed by atoms with E-state index >= 15 is 4.39 Å². The van der Waals surface area contributed by atoms with Crippen molar-refractivity contribution >= 4 is 33.3 Å². The normalized spacial score (nSPS) is 12.6. The average molecular weight is 439 g/mol. The second kappa shape index (κ2) is 8.34. The van der Waals surface area contributed by atoms with E-state index < -0.39 is 15.8 Å². The molecule has 0 fully saturated rings. The van der Waals surface area contributed by atoms with E-state index in [1.54, 1.807) is 19.4 Å². The minimum absolute atomic E-state index is 0.0620. The zero-order chi connectivity index (χ0) is 21.2. The summed E-state index contributed by atoms with van der Waals surface area (Å²) < 4.78 is 40.3. The molecule has 3 rings (SSSR count). The Labute approximate surface area is 173 Å². The molecule has 0 amide bonds. The number of halogens is 2. The minimum Gasteiger partial charge on any atom is -0.357 e. The lowest BCUT2D eigenvalue weighted by atomic mass is 9.93. The van der Waals surface area contributed by atoms with Gasteiger partial charge in [-0.3, -0.25) is 9.82 Å². The number of aromatic amines is 1. The third kappa shape index (κ3) is 5.01. The highest BCUT2D eigenvalue weighted by Gasteiger charge is 2.21. The molecule has 0 bridgehead atoms. The molecule has 0 radical (unpaired) electrons. The van der Waals surface area contributed by atoms with Gasteiger partial charge in [0.25, 0.3) is 0 Å². The van der Waals surface area contributed by atoms with Crippen molar-refractivity contribution in [3.63, 3.8) is 0 Å². The predicted molar refractivity (Wildman–Crippen MR) is 111 cm³/mol.